The van der Waals surface area contributed by atoms with Crippen LogP contribution in [0.1, 0.15) is 28.8 Å². The van der Waals surface area contributed by atoms with Crippen LogP contribution in [0.15, 0.2) is 36.7 Å². The number of alkyl halides is 2. The van der Waals surface area contributed by atoms with Crippen LogP contribution in [0.5, 0.6) is 23.1 Å². The van der Waals surface area contributed by atoms with E-state index >= 15 is 0 Å². The third-order valence-corrected chi connectivity index (χ3v) is 7.73. The van der Waals surface area contributed by atoms with Crippen molar-refractivity contribution in [1.82, 2.24) is 19.9 Å². The van der Waals surface area contributed by atoms with Crippen molar-refractivity contribution in [3.05, 3.63) is 59.0 Å². The summed E-state index contributed by atoms with van der Waals surface area (Å²) >= 11 is 1.22. The van der Waals surface area contributed by atoms with Crippen LogP contribution in [-0.2, 0) is 6.42 Å². The van der Waals surface area contributed by atoms with Gasteiger partial charge in [0, 0.05) is 35.0 Å². The first-order valence-corrected chi connectivity index (χ1v) is 13.3. The second-order valence-electron chi connectivity index (χ2n) is 9.43. The standard InChI is InChI=1S/C28H23F2N5O5S/c1-12-6-17(22-18(7-12)34-21(37-3)10-33-22)27-35-23-16(26(29)30)9-20-24(25(23)41-27)38-11-14(39-20)8-15-13(2)32-5-4-19(15)40-28(31)36/h4-7,9-10,14,26H,8,11H2,1-3H3,(H2,31,36). The molecule has 5 aromatic rings. The minimum atomic E-state index is -2.81. The summed E-state index contributed by atoms with van der Waals surface area (Å²) in [5.74, 6) is 1.13. The molecule has 0 bridgehead atoms. The van der Waals surface area contributed by atoms with Gasteiger partial charge in [0.2, 0.25) is 5.88 Å². The van der Waals surface area contributed by atoms with E-state index in [1.165, 1.54) is 43.0 Å². The van der Waals surface area contributed by atoms with Crippen molar-refractivity contribution >= 4 is 38.7 Å². The van der Waals surface area contributed by atoms with Crippen LogP contribution in [0.25, 0.3) is 31.8 Å². The van der Waals surface area contributed by atoms with Gasteiger partial charge in [-0.25, -0.2) is 28.5 Å². The van der Waals surface area contributed by atoms with Crippen molar-refractivity contribution in [2.75, 3.05) is 13.7 Å². The first kappa shape index (κ1) is 26.6. The number of carbonyl (C=O) groups is 1. The maximum Gasteiger partial charge on any atom is 0.409 e. The number of nitrogens with two attached hydrogens (primary N) is 1. The number of rotatable bonds is 6. The average molecular weight is 580 g/mol. The number of fused-ring (bicyclic) bond motifs is 4. The highest BCUT2D eigenvalue weighted by Crippen LogP contribution is 2.48. The smallest absolute Gasteiger partial charge is 0.409 e. The molecular weight excluding hydrogens is 556 g/mol. The zero-order valence-corrected chi connectivity index (χ0v) is 22.9. The number of aromatic nitrogens is 4. The van der Waals surface area contributed by atoms with Crippen LogP contribution in [0, 0.1) is 13.8 Å². The molecule has 210 valence electrons. The third-order valence-electron chi connectivity index (χ3n) is 6.64. The van der Waals surface area contributed by atoms with Crippen LogP contribution in [-0.4, -0.2) is 45.8 Å². The van der Waals surface area contributed by atoms with E-state index < -0.39 is 18.6 Å². The summed E-state index contributed by atoms with van der Waals surface area (Å²) < 4.78 is 51.7. The van der Waals surface area contributed by atoms with E-state index in [-0.39, 0.29) is 35.6 Å². The highest BCUT2D eigenvalue weighted by atomic mass is 32.1. The van der Waals surface area contributed by atoms with Crippen LogP contribution in [0.3, 0.4) is 0 Å². The molecule has 0 radical (unpaired) electrons. The number of carbonyl (C=O) groups excluding carboxylic acids is 1. The Morgan fingerprint density at radius 3 is 2.78 bits per heavy atom. The van der Waals surface area contributed by atoms with Gasteiger partial charge >= 0.3 is 6.09 Å². The summed E-state index contributed by atoms with van der Waals surface area (Å²) in [5.41, 5.74) is 9.01. The van der Waals surface area contributed by atoms with Crippen LogP contribution < -0.4 is 24.7 Å². The van der Waals surface area contributed by atoms with E-state index in [1.54, 1.807) is 6.92 Å². The SMILES string of the molecule is COc1cnc2c(-c3nc4c(C(F)F)cc5c(c4s3)OCC(Cc3c(OC(N)=O)ccnc3C)O5)cc(C)cc2n1. The van der Waals surface area contributed by atoms with Crippen molar-refractivity contribution in [2.45, 2.75) is 32.8 Å². The highest BCUT2D eigenvalue weighted by molar-refractivity contribution is 7.22. The van der Waals surface area contributed by atoms with Gasteiger partial charge in [0.1, 0.15) is 28.2 Å². The third kappa shape index (κ3) is 4.92. The topological polar surface area (TPSA) is 132 Å². The number of ether oxygens (including phenoxy) is 4. The summed E-state index contributed by atoms with van der Waals surface area (Å²) in [4.78, 5) is 29.2. The molecule has 2 N–H and O–H groups in total. The van der Waals surface area contributed by atoms with Crippen LogP contribution in [0.2, 0.25) is 0 Å². The van der Waals surface area contributed by atoms with E-state index in [0.717, 1.165) is 5.56 Å². The molecule has 2 aromatic carbocycles. The molecule has 1 aliphatic heterocycles. The fourth-order valence-electron chi connectivity index (χ4n) is 4.82. The first-order chi connectivity index (χ1) is 19.7. The monoisotopic (exact) mass is 579 g/mol. The molecule has 0 spiro atoms. The van der Waals surface area contributed by atoms with Crippen molar-refractivity contribution in [3.8, 4) is 33.7 Å². The van der Waals surface area contributed by atoms with Crippen LogP contribution in [0.4, 0.5) is 13.6 Å². The molecule has 4 heterocycles. The van der Waals surface area contributed by atoms with Crippen molar-refractivity contribution in [3.63, 3.8) is 0 Å². The van der Waals surface area contributed by atoms with Crippen molar-refractivity contribution in [2.24, 2.45) is 5.73 Å². The molecule has 41 heavy (non-hydrogen) atoms. The number of methoxy groups -OCH3 is 1. The van der Waals surface area contributed by atoms with E-state index in [0.29, 0.717) is 49.2 Å². The molecule has 0 fully saturated rings. The maximum absolute atomic E-state index is 14.3. The Labute approximate surface area is 236 Å². The fraction of sp³-hybridized carbons (Fsp3) is 0.250. The Balaban J connectivity index is 1.41. The summed E-state index contributed by atoms with van der Waals surface area (Å²) in [5, 5.41) is 0.494. The predicted molar refractivity (Wildman–Crippen MR) is 147 cm³/mol. The number of thiazole rings is 1. The fourth-order valence-corrected chi connectivity index (χ4v) is 5.92. The number of halogens is 2. The van der Waals surface area contributed by atoms with Gasteiger partial charge in [-0.3, -0.25) is 4.98 Å². The summed E-state index contributed by atoms with van der Waals surface area (Å²) in [7, 11) is 1.51. The second kappa shape index (κ2) is 10.4. The van der Waals surface area contributed by atoms with E-state index in [2.05, 4.69) is 19.9 Å². The van der Waals surface area contributed by atoms with Gasteiger partial charge in [-0.2, -0.15) is 0 Å². The first-order valence-electron chi connectivity index (χ1n) is 12.5. The van der Waals surface area contributed by atoms with Crippen LogP contribution >= 0.6 is 11.3 Å². The number of hydrogen-bond donors (Lipinski definition) is 1. The normalized spacial score (nSPS) is 14.5. The van der Waals surface area contributed by atoms with Gasteiger partial charge in [-0.1, -0.05) is 0 Å². The molecule has 10 nitrogen and oxygen atoms in total. The molecule has 0 saturated heterocycles. The van der Waals surface area contributed by atoms with Gasteiger partial charge in [0.25, 0.3) is 6.43 Å². The van der Waals surface area contributed by atoms with Crippen molar-refractivity contribution in [1.29, 1.82) is 0 Å². The molecule has 6 rings (SSSR count). The van der Waals surface area contributed by atoms with E-state index in [4.69, 9.17) is 24.7 Å². The number of hydrogen-bond acceptors (Lipinski definition) is 10. The molecule has 1 atom stereocenters. The molecule has 0 aliphatic carbocycles. The summed E-state index contributed by atoms with van der Waals surface area (Å²) in [6, 6.07) is 6.56. The number of amides is 1. The predicted octanol–water partition coefficient (Wildman–Crippen LogP) is 5.70. The zero-order valence-electron chi connectivity index (χ0n) is 22.1. The lowest BCUT2D eigenvalue weighted by Gasteiger charge is -2.28. The quantitative estimate of drug-likeness (QED) is 0.269. The Morgan fingerprint density at radius 2 is 2.02 bits per heavy atom. The minimum Gasteiger partial charge on any atom is -0.484 e. The maximum atomic E-state index is 14.3. The number of nitrogens with zero attached hydrogens (tertiary/aromatic N) is 4. The highest BCUT2D eigenvalue weighted by Gasteiger charge is 2.30. The molecule has 3 aromatic heterocycles. The van der Waals surface area contributed by atoms with Crippen molar-refractivity contribution < 1.29 is 32.5 Å². The Bertz CT molecular complexity index is 1830. The van der Waals surface area contributed by atoms with Gasteiger partial charge in [-0.05, 0) is 43.7 Å². The number of primary amides is 1. The lowest BCUT2D eigenvalue weighted by Crippen LogP contribution is -2.32. The average Bonchev–Trinajstić information content (AvgIpc) is 3.38. The van der Waals surface area contributed by atoms with Gasteiger partial charge in [0.15, 0.2) is 11.5 Å². The largest absolute Gasteiger partial charge is 0.484 e. The number of aryl methyl sites for hydroxylation is 2. The number of benzene rings is 2. The Morgan fingerprint density at radius 1 is 1.20 bits per heavy atom. The van der Waals surface area contributed by atoms with E-state index in [9.17, 15) is 13.6 Å². The van der Waals surface area contributed by atoms with Gasteiger partial charge in [-0.15, -0.1) is 11.3 Å². The molecule has 1 unspecified atom stereocenters. The molecule has 13 heteroatoms. The number of pyridine rings is 1. The lowest BCUT2D eigenvalue weighted by molar-refractivity contribution is 0.0912. The molecule has 0 saturated carbocycles. The molecular formula is C28H23F2N5O5S. The molecule has 1 amide bonds. The zero-order chi connectivity index (χ0) is 28.8. The van der Waals surface area contributed by atoms with E-state index in [1.807, 2.05) is 19.1 Å². The summed E-state index contributed by atoms with van der Waals surface area (Å²) in [6.45, 7) is 3.78. The second-order valence-corrected chi connectivity index (χ2v) is 10.4. The summed E-state index contributed by atoms with van der Waals surface area (Å²) in [6.07, 6.45) is -1.09. The lowest BCUT2D eigenvalue weighted by atomic mass is 10.0. The Kier molecular flexibility index (Phi) is 6.73. The molecule has 1 aliphatic rings. The van der Waals surface area contributed by atoms with Gasteiger partial charge in [0.05, 0.1) is 29.9 Å². The van der Waals surface area contributed by atoms with Gasteiger partial charge < -0.3 is 24.7 Å². The Hall–Kier alpha value is -4.65. The minimum absolute atomic E-state index is 0.117.